The molecule has 0 aliphatic heterocycles. The van der Waals surface area contributed by atoms with Crippen molar-refractivity contribution in [2.45, 2.75) is 20.8 Å². The number of amides is 2. The van der Waals surface area contributed by atoms with Crippen molar-refractivity contribution < 1.29 is 9.59 Å². The molecular formula is C18H18ClN3O2. The summed E-state index contributed by atoms with van der Waals surface area (Å²) in [5, 5.41) is 6.89. The van der Waals surface area contributed by atoms with Gasteiger partial charge in [-0.15, -0.1) is 0 Å². The Morgan fingerprint density at radius 1 is 0.958 bits per heavy atom. The van der Waals surface area contributed by atoms with Crippen molar-refractivity contribution in [2.24, 2.45) is 5.10 Å². The molecule has 0 bridgehead atoms. The maximum atomic E-state index is 11.9. The van der Waals surface area contributed by atoms with Crippen LogP contribution in [-0.4, -0.2) is 18.0 Å². The number of hydrazone groups is 1. The Hall–Kier alpha value is -2.66. The molecule has 2 aromatic carbocycles. The van der Waals surface area contributed by atoms with Crippen LogP contribution in [0.5, 0.6) is 0 Å². The number of carbonyl (C=O) groups is 2. The van der Waals surface area contributed by atoms with Gasteiger partial charge in [0.1, 0.15) is 0 Å². The monoisotopic (exact) mass is 343 g/mol. The predicted molar refractivity (Wildman–Crippen MR) is 96.5 cm³/mol. The van der Waals surface area contributed by atoms with Crippen LogP contribution in [0.1, 0.15) is 22.3 Å². The lowest BCUT2D eigenvalue weighted by molar-refractivity contribution is -0.136. The molecule has 2 rings (SSSR count). The fourth-order valence-corrected chi connectivity index (χ4v) is 2.23. The summed E-state index contributed by atoms with van der Waals surface area (Å²) in [7, 11) is 0. The standard InChI is InChI=1S/C18H18ClN3O2/c1-11-4-5-14(8-12(11)2)10-20-22-18(24)17(23)21-16-7-6-15(19)9-13(16)3/h4-10H,1-3H3,(H,21,23)(H,22,24). The minimum absolute atomic E-state index is 0.526. The maximum Gasteiger partial charge on any atom is 0.329 e. The Bertz CT molecular complexity index is 816. The molecule has 0 aromatic heterocycles. The summed E-state index contributed by atoms with van der Waals surface area (Å²) in [4.78, 5) is 23.6. The van der Waals surface area contributed by atoms with Gasteiger partial charge in [0, 0.05) is 10.7 Å². The molecule has 0 unspecified atom stereocenters. The van der Waals surface area contributed by atoms with Gasteiger partial charge in [-0.1, -0.05) is 29.8 Å². The van der Waals surface area contributed by atoms with Crippen LogP contribution in [0.25, 0.3) is 0 Å². The summed E-state index contributed by atoms with van der Waals surface area (Å²) >= 11 is 5.85. The first kappa shape index (κ1) is 17.7. The second-order valence-electron chi connectivity index (χ2n) is 5.46. The average Bonchev–Trinajstić information content (AvgIpc) is 2.53. The minimum Gasteiger partial charge on any atom is -0.317 e. The summed E-state index contributed by atoms with van der Waals surface area (Å²) in [6.07, 6.45) is 1.49. The highest BCUT2D eigenvalue weighted by Crippen LogP contribution is 2.19. The number of rotatable bonds is 3. The van der Waals surface area contributed by atoms with E-state index >= 15 is 0 Å². The molecule has 0 fully saturated rings. The van der Waals surface area contributed by atoms with Crippen LogP contribution in [0.2, 0.25) is 5.02 Å². The predicted octanol–water partition coefficient (Wildman–Crippen LogP) is 3.35. The van der Waals surface area contributed by atoms with Crippen molar-refractivity contribution in [3.05, 3.63) is 63.7 Å². The zero-order valence-electron chi connectivity index (χ0n) is 13.7. The van der Waals surface area contributed by atoms with Gasteiger partial charge in [0.2, 0.25) is 0 Å². The smallest absolute Gasteiger partial charge is 0.317 e. The van der Waals surface area contributed by atoms with Crippen molar-refractivity contribution in [1.82, 2.24) is 5.43 Å². The number of nitrogens with zero attached hydrogens (tertiary/aromatic N) is 1. The Morgan fingerprint density at radius 2 is 1.71 bits per heavy atom. The molecule has 124 valence electrons. The molecule has 24 heavy (non-hydrogen) atoms. The van der Waals surface area contributed by atoms with E-state index in [1.807, 2.05) is 32.0 Å². The van der Waals surface area contributed by atoms with Gasteiger partial charge >= 0.3 is 11.8 Å². The number of hydrogen-bond donors (Lipinski definition) is 2. The van der Waals surface area contributed by atoms with Gasteiger partial charge in [0.25, 0.3) is 0 Å². The zero-order chi connectivity index (χ0) is 17.7. The summed E-state index contributed by atoms with van der Waals surface area (Å²) in [6.45, 7) is 5.80. The van der Waals surface area contributed by atoms with Gasteiger partial charge in [-0.3, -0.25) is 9.59 Å². The molecule has 0 spiro atoms. The van der Waals surface area contributed by atoms with Gasteiger partial charge in [-0.2, -0.15) is 5.10 Å². The number of carbonyl (C=O) groups excluding carboxylic acids is 2. The quantitative estimate of drug-likeness (QED) is 0.509. The number of hydrogen-bond acceptors (Lipinski definition) is 3. The Labute approximate surface area is 145 Å². The van der Waals surface area contributed by atoms with Crippen molar-refractivity contribution in [1.29, 1.82) is 0 Å². The molecule has 0 saturated heterocycles. The van der Waals surface area contributed by atoms with Crippen LogP contribution in [0.4, 0.5) is 5.69 Å². The van der Waals surface area contributed by atoms with Gasteiger partial charge in [-0.25, -0.2) is 5.43 Å². The highest BCUT2D eigenvalue weighted by atomic mass is 35.5. The number of halogens is 1. The Kier molecular flexibility index (Phi) is 5.71. The summed E-state index contributed by atoms with van der Waals surface area (Å²) < 4.78 is 0. The van der Waals surface area contributed by atoms with Crippen molar-refractivity contribution in [3.8, 4) is 0 Å². The van der Waals surface area contributed by atoms with Crippen molar-refractivity contribution >= 4 is 35.3 Å². The SMILES string of the molecule is Cc1ccc(C=NNC(=O)C(=O)Nc2ccc(Cl)cc2C)cc1C. The molecule has 2 aromatic rings. The van der Waals surface area contributed by atoms with Crippen LogP contribution in [0, 0.1) is 20.8 Å². The van der Waals surface area contributed by atoms with Gasteiger partial charge in [0.15, 0.2) is 0 Å². The second-order valence-corrected chi connectivity index (χ2v) is 5.89. The van der Waals surface area contributed by atoms with Gasteiger partial charge in [0.05, 0.1) is 6.21 Å². The first-order valence-electron chi connectivity index (χ1n) is 7.34. The molecule has 0 saturated carbocycles. The molecule has 0 radical (unpaired) electrons. The van der Waals surface area contributed by atoms with Gasteiger partial charge < -0.3 is 5.32 Å². The van der Waals surface area contributed by atoms with Gasteiger partial charge in [-0.05, 0) is 61.2 Å². The van der Waals surface area contributed by atoms with Crippen molar-refractivity contribution in [2.75, 3.05) is 5.32 Å². The number of nitrogens with one attached hydrogen (secondary N) is 2. The molecule has 0 heterocycles. The lowest BCUT2D eigenvalue weighted by atomic mass is 10.1. The molecule has 5 nitrogen and oxygen atoms in total. The van der Waals surface area contributed by atoms with E-state index in [4.69, 9.17) is 11.6 Å². The van der Waals surface area contributed by atoms with E-state index in [2.05, 4.69) is 15.8 Å². The normalized spacial score (nSPS) is 10.7. The average molecular weight is 344 g/mol. The fourth-order valence-electron chi connectivity index (χ4n) is 2.01. The number of benzene rings is 2. The van der Waals surface area contributed by atoms with Crippen LogP contribution in [-0.2, 0) is 9.59 Å². The number of aryl methyl sites for hydroxylation is 3. The van der Waals surface area contributed by atoms with Crippen LogP contribution in [0.3, 0.4) is 0 Å². The highest BCUT2D eigenvalue weighted by Gasteiger charge is 2.13. The summed E-state index contributed by atoms with van der Waals surface area (Å²) in [5.74, 6) is -1.64. The Balaban J connectivity index is 1.95. The lowest BCUT2D eigenvalue weighted by Gasteiger charge is -2.07. The lowest BCUT2D eigenvalue weighted by Crippen LogP contribution is -2.32. The molecular weight excluding hydrogens is 326 g/mol. The highest BCUT2D eigenvalue weighted by molar-refractivity contribution is 6.39. The van der Waals surface area contributed by atoms with Crippen LogP contribution < -0.4 is 10.7 Å². The van der Waals surface area contributed by atoms with E-state index < -0.39 is 11.8 Å². The third-order valence-electron chi connectivity index (χ3n) is 3.55. The number of anilines is 1. The first-order valence-corrected chi connectivity index (χ1v) is 7.72. The van der Waals surface area contributed by atoms with E-state index in [0.29, 0.717) is 10.7 Å². The van der Waals surface area contributed by atoms with E-state index in [1.54, 1.807) is 25.1 Å². The van der Waals surface area contributed by atoms with E-state index in [1.165, 1.54) is 11.8 Å². The van der Waals surface area contributed by atoms with E-state index in [9.17, 15) is 9.59 Å². The fraction of sp³-hybridized carbons (Fsp3) is 0.167. The van der Waals surface area contributed by atoms with E-state index in [-0.39, 0.29) is 0 Å². The zero-order valence-corrected chi connectivity index (χ0v) is 14.4. The molecule has 0 atom stereocenters. The topological polar surface area (TPSA) is 70.6 Å². The van der Waals surface area contributed by atoms with Crippen LogP contribution >= 0.6 is 11.6 Å². The molecule has 6 heteroatoms. The van der Waals surface area contributed by atoms with Crippen LogP contribution in [0.15, 0.2) is 41.5 Å². The maximum absolute atomic E-state index is 11.9. The molecule has 0 aliphatic carbocycles. The first-order chi connectivity index (χ1) is 11.4. The second kappa shape index (κ2) is 7.75. The Morgan fingerprint density at radius 3 is 2.38 bits per heavy atom. The van der Waals surface area contributed by atoms with E-state index in [0.717, 1.165) is 16.7 Å². The largest absolute Gasteiger partial charge is 0.329 e. The summed E-state index contributed by atoms with van der Waals surface area (Å²) in [5.41, 5.74) is 6.64. The summed E-state index contributed by atoms with van der Waals surface area (Å²) in [6, 6.07) is 10.8. The minimum atomic E-state index is -0.843. The molecule has 0 aliphatic rings. The van der Waals surface area contributed by atoms with Crippen molar-refractivity contribution in [3.63, 3.8) is 0 Å². The molecule has 2 N–H and O–H groups in total. The third kappa shape index (κ3) is 4.67. The molecule has 2 amide bonds. The third-order valence-corrected chi connectivity index (χ3v) is 3.79.